The summed E-state index contributed by atoms with van der Waals surface area (Å²) in [6.45, 7) is 9.04. The van der Waals surface area contributed by atoms with Crippen LogP contribution in [-0.2, 0) is 20.7 Å². The van der Waals surface area contributed by atoms with Gasteiger partial charge in [-0.2, -0.15) is 5.09 Å². The molecule has 0 aliphatic carbocycles. The van der Waals surface area contributed by atoms with E-state index in [1.165, 1.54) is 13.0 Å². The smallest absolute Gasteiger partial charge is 0.460 e. The zero-order chi connectivity index (χ0) is 25.5. The van der Waals surface area contributed by atoms with Gasteiger partial charge in [0, 0.05) is 9.86 Å². The molecule has 9 heteroatoms. The SMILES string of the molecule is [C-]#[N+]c1cc(Br)ccc1OP(=O)(N[C@@H](C)C(=O)OCc1ccccc1)Oc1cccc2ccccc12. The largest absolute Gasteiger partial charge is 0.512 e. The molecular weight excluding hydrogens is 543 g/mol. The Hall–Kier alpha value is -3.63. The third-order valence-electron chi connectivity index (χ3n) is 5.16. The van der Waals surface area contributed by atoms with E-state index in [1.54, 1.807) is 24.3 Å². The number of hydrogen-bond acceptors (Lipinski definition) is 5. The van der Waals surface area contributed by atoms with Crippen molar-refractivity contribution in [3.63, 3.8) is 0 Å². The number of ether oxygens (including phenoxy) is 1. The first kappa shape index (κ1) is 25.5. The molecule has 1 unspecified atom stereocenters. The highest BCUT2D eigenvalue weighted by Crippen LogP contribution is 2.49. The van der Waals surface area contributed by atoms with Gasteiger partial charge in [0.2, 0.25) is 5.69 Å². The van der Waals surface area contributed by atoms with Crippen molar-refractivity contribution in [3.8, 4) is 11.5 Å². The van der Waals surface area contributed by atoms with E-state index in [9.17, 15) is 9.36 Å². The van der Waals surface area contributed by atoms with Crippen LogP contribution >= 0.6 is 23.7 Å². The molecule has 36 heavy (non-hydrogen) atoms. The maximum absolute atomic E-state index is 14.1. The fourth-order valence-corrected chi connectivity index (χ4v) is 5.31. The molecule has 4 aromatic carbocycles. The molecule has 0 aliphatic heterocycles. The fourth-order valence-electron chi connectivity index (χ4n) is 3.40. The zero-order valence-corrected chi connectivity index (χ0v) is 21.7. The van der Waals surface area contributed by atoms with Crippen molar-refractivity contribution in [1.82, 2.24) is 5.09 Å². The van der Waals surface area contributed by atoms with Gasteiger partial charge in [0.15, 0.2) is 0 Å². The highest BCUT2D eigenvalue weighted by atomic mass is 79.9. The number of halogens is 1. The molecule has 182 valence electrons. The molecule has 2 atom stereocenters. The Morgan fingerprint density at radius 2 is 1.67 bits per heavy atom. The van der Waals surface area contributed by atoms with Crippen LogP contribution in [-0.4, -0.2) is 12.0 Å². The van der Waals surface area contributed by atoms with E-state index in [1.807, 2.05) is 60.7 Å². The van der Waals surface area contributed by atoms with Gasteiger partial charge >= 0.3 is 13.7 Å². The number of nitrogens with zero attached hydrogens (tertiary/aromatic N) is 1. The first-order valence-corrected chi connectivity index (χ1v) is 13.3. The van der Waals surface area contributed by atoms with Crippen LogP contribution in [0.25, 0.3) is 15.6 Å². The van der Waals surface area contributed by atoms with Crippen LogP contribution in [0.4, 0.5) is 5.69 Å². The van der Waals surface area contributed by atoms with Crippen molar-refractivity contribution < 1.29 is 23.1 Å². The second kappa shape index (κ2) is 11.4. The standard InChI is InChI=1S/C27H22BrN2O5P/c1-19(27(31)33-18-20-9-4-3-5-10-20)30-36(32,35-26-16-15-22(28)17-24(26)29-2)34-25-14-8-12-21-11-6-7-13-23(21)25/h3-17,19H,18H2,1H3,(H,30,32)/t19-,36?/m0/s1. The van der Waals surface area contributed by atoms with E-state index < -0.39 is 19.8 Å². The van der Waals surface area contributed by atoms with Crippen molar-refractivity contribution in [3.05, 3.63) is 112 Å². The second-order valence-electron chi connectivity index (χ2n) is 7.83. The van der Waals surface area contributed by atoms with Crippen LogP contribution in [0.2, 0.25) is 0 Å². The van der Waals surface area contributed by atoms with Crippen LogP contribution in [0.3, 0.4) is 0 Å². The fraction of sp³-hybridized carbons (Fsp3) is 0.111. The predicted octanol–water partition coefficient (Wildman–Crippen LogP) is 7.44. The number of nitrogens with one attached hydrogen (secondary N) is 1. The minimum atomic E-state index is -4.24. The summed E-state index contributed by atoms with van der Waals surface area (Å²) in [5.74, 6) is -0.283. The molecule has 4 aromatic rings. The van der Waals surface area contributed by atoms with Crippen molar-refractivity contribution in [2.45, 2.75) is 19.6 Å². The molecule has 0 aliphatic rings. The Labute approximate surface area is 217 Å². The summed E-state index contributed by atoms with van der Waals surface area (Å²) < 4.78 is 31.8. The second-order valence-corrected chi connectivity index (χ2v) is 10.4. The van der Waals surface area contributed by atoms with Crippen molar-refractivity contribution in [1.29, 1.82) is 0 Å². The van der Waals surface area contributed by atoms with Crippen LogP contribution < -0.4 is 14.1 Å². The average Bonchev–Trinajstić information content (AvgIpc) is 2.89. The molecule has 0 fully saturated rings. The lowest BCUT2D eigenvalue weighted by atomic mass is 10.1. The molecule has 4 rings (SSSR count). The Bertz CT molecular complexity index is 1470. The molecule has 7 nitrogen and oxygen atoms in total. The monoisotopic (exact) mass is 564 g/mol. The summed E-state index contributed by atoms with van der Waals surface area (Å²) in [5, 5.41) is 4.27. The predicted molar refractivity (Wildman–Crippen MR) is 142 cm³/mol. The normalized spacial score (nSPS) is 13.2. The molecular formula is C27H22BrN2O5P. The number of esters is 1. The highest BCUT2D eigenvalue weighted by Gasteiger charge is 2.35. The van der Waals surface area contributed by atoms with E-state index in [-0.39, 0.29) is 18.0 Å². The Kier molecular flexibility index (Phi) is 8.07. The zero-order valence-electron chi connectivity index (χ0n) is 19.3. The van der Waals surface area contributed by atoms with Gasteiger partial charge in [0.05, 0.1) is 6.57 Å². The molecule has 0 amide bonds. The van der Waals surface area contributed by atoms with Gasteiger partial charge in [-0.05, 0) is 42.1 Å². The van der Waals surface area contributed by atoms with Crippen LogP contribution in [0, 0.1) is 6.57 Å². The minimum absolute atomic E-state index is 0.0501. The number of hydrogen-bond donors (Lipinski definition) is 1. The quantitative estimate of drug-likeness (QED) is 0.129. The van der Waals surface area contributed by atoms with Gasteiger partial charge in [0.25, 0.3) is 0 Å². The molecule has 0 bridgehead atoms. The number of rotatable bonds is 9. The lowest BCUT2D eigenvalue weighted by Crippen LogP contribution is -2.35. The molecule has 1 N–H and O–H groups in total. The van der Waals surface area contributed by atoms with Crippen molar-refractivity contribution in [2.24, 2.45) is 0 Å². The van der Waals surface area contributed by atoms with E-state index in [0.29, 0.717) is 15.6 Å². The summed E-state index contributed by atoms with van der Waals surface area (Å²) in [6.07, 6.45) is 0. The van der Waals surface area contributed by atoms with Gasteiger partial charge in [-0.15, -0.1) is 0 Å². The molecule has 0 aromatic heterocycles. The number of carbonyl (C=O) groups is 1. The molecule has 0 radical (unpaired) electrons. The molecule has 0 saturated heterocycles. The summed E-state index contributed by atoms with van der Waals surface area (Å²) in [6, 6.07) is 25.7. The highest BCUT2D eigenvalue weighted by molar-refractivity contribution is 9.10. The van der Waals surface area contributed by atoms with Crippen molar-refractivity contribution >= 4 is 46.1 Å². The number of carbonyl (C=O) groups excluding carboxylic acids is 1. The average molecular weight is 565 g/mol. The third-order valence-corrected chi connectivity index (χ3v) is 7.23. The van der Waals surface area contributed by atoms with E-state index in [2.05, 4.69) is 25.9 Å². The summed E-state index contributed by atoms with van der Waals surface area (Å²) >= 11 is 3.32. The van der Waals surface area contributed by atoms with Crippen LogP contribution in [0.15, 0.2) is 95.5 Å². The molecule has 0 saturated carbocycles. The van der Waals surface area contributed by atoms with E-state index in [0.717, 1.165) is 10.9 Å². The van der Waals surface area contributed by atoms with Gasteiger partial charge in [-0.1, -0.05) is 82.7 Å². The van der Waals surface area contributed by atoms with Crippen molar-refractivity contribution in [2.75, 3.05) is 0 Å². The first-order valence-electron chi connectivity index (χ1n) is 11.0. The molecule has 0 spiro atoms. The lowest BCUT2D eigenvalue weighted by molar-refractivity contribution is -0.146. The van der Waals surface area contributed by atoms with Crippen LogP contribution in [0.1, 0.15) is 12.5 Å². The van der Waals surface area contributed by atoms with Gasteiger partial charge in [-0.25, -0.2) is 9.41 Å². The van der Waals surface area contributed by atoms with Gasteiger partial charge in [0.1, 0.15) is 24.1 Å². The topological polar surface area (TPSA) is 78.2 Å². The minimum Gasteiger partial charge on any atom is -0.460 e. The number of fused-ring (bicyclic) bond motifs is 1. The van der Waals surface area contributed by atoms with Gasteiger partial charge in [-0.3, -0.25) is 4.79 Å². The number of benzene rings is 4. The Morgan fingerprint density at radius 3 is 2.44 bits per heavy atom. The third kappa shape index (κ3) is 6.32. The van der Waals surface area contributed by atoms with E-state index >= 15 is 0 Å². The van der Waals surface area contributed by atoms with Crippen LogP contribution in [0.5, 0.6) is 11.5 Å². The summed E-state index contributed by atoms with van der Waals surface area (Å²) in [5.41, 5.74) is 0.952. The maximum Gasteiger partial charge on any atom is 0.512 e. The van der Waals surface area contributed by atoms with Gasteiger partial charge < -0.3 is 13.8 Å². The van der Waals surface area contributed by atoms with E-state index in [4.69, 9.17) is 20.4 Å². The Balaban J connectivity index is 1.61. The molecule has 0 heterocycles. The summed E-state index contributed by atoms with van der Waals surface area (Å²) in [7, 11) is -4.24. The Morgan fingerprint density at radius 1 is 0.972 bits per heavy atom. The lowest BCUT2D eigenvalue weighted by Gasteiger charge is -2.24. The summed E-state index contributed by atoms with van der Waals surface area (Å²) in [4.78, 5) is 16.2. The maximum atomic E-state index is 14.1. The first-order chi connectivity index (χ1) is 17.4.